The second kappa shape index (κ2) is 7.84. The van der Waals surface area contributed by atoms with E-state index in [0.29, 0.717) is 6.07 Å². The lowest BCUT2D eigenvalue weighted by Crippen LogP contribution is -2.35. The van der Waals surface area contributed by atoms with Crippen LogP contribution in [0.2, 0.25) is 0 Å². The zero-order valence-electron chi connectivity index (χ0n) is 11.3. The Morgan fingerprint density at radius 1 is 1.30 bits per heavy atom. The average Bonchev–Trinajstić information content (AvgIpc) is 2.89. The number of nitrogens with two attached hydrogens (primary N) is 1. The van der Waals surface area contributed by atoms with Gasteiger partial charge in [-0.15, -0.1) is 24.8 Å². The number of amides is 1. The highest BCUT2D eigenvalue weighted by Gasteiger charge is 2.34. The van der Waals surface area contributed by atoms with Crippen LogP contribution in [0.15, 0.2) is 36.9 Å². The number of rotatable bonds is 2. The standard InChI is InChI=1S/C12H10F3N5O.2ClH/c13-12(14,15)8-5-7(10(21)19-11(16)17)1-2-9(8)20-4-3-18-6-20;;/h1-6H,(H4,16,17,19,21);2*1H. The van der Waals surface area contributed by atoms with Crippen LogP contribution in [0, 0.1) is 5.41 Å². The molecule has 0 aliphatic carbocycles. The summed E-state index contributed by atoms with van der Waals surface area (Å²) in [7, 11) is 0. The maximum Gasteiger partial charge on any atom is 0.418 e. The number of carbonyl (C=O) groups excluding carboxylic acids is 1. The van der Waals surface area contributed by atoms with Crippen molar-refractivity contribution in [2.75, 3.05) is 0 Å². The van der Waals surface area contributed by atoms with E-state index in [-0.39, 0.29) is 36.1 Å². The zero-order valence-corrected chi connectivity index (χ0v) is 12.9. The summed E-state index contributed by atoms with van der Waals surface area (Å²) in [6.07, 6.45) is -0.720. The monoisotopic (exact) mass is 369 g/mol. The molecular formula is C12H12Cl2F3N5O. The highest BCUT2D eigenvalue weighted by atomic mass is 35.5. The first-order chi connectivity index (χ1) is 9.79. The first-order valence-electron chi connectivity index (χ1n) is 5.64. The summed E-state index contributed by atoms with van der Waals surface area (Å²) in [5.41, 5.74) is 3.59. The van der Waals surface area contributed by atoms with Crippen LogP contribution in [0.3, 0.4) is 0 Å². The van der Waals surface area contributed by atoms with Gasteiger partial charge in [-0.05, 0) is 18.2 Å². The van der Waals surface area contributed by atoms with E-state index in [2.05, 4.69) is 4.98 Å². The molecule has 0 saturated heterocycles. The second-order valence-corrected chi connectivity index (χ2v) is 4.07. The van der Waals surface area contributed by atoms with Gasteiger partial charge in [0.25, 0.3) is 5.91 Å². The Morgan fingerprint density at radius 3 is 2.43 bits per heavy atom. The van der Waals surface area contributed by atoms with Gasteiger partial charge in [-0.3, -0.25) is 15.5 Å². The first kappa shape index (κ1) is 20.7. The largest absolute Gasteiger partial charge is 0.418 e. The third-order valence-corrected chi connectivity index (χ3v) is 2.59. The van der Waals surface area contributed by atoms with Crippen LogP contribution in [0.4, 0.5) is 13.2 Å². The Balaban J connectivity index is 0.00000242. The van der Waals surface area contributed by atoms with Gasteiger partial charge in [-0.2, -0.15) is 13.2 Å². The lowest BCUT2D eigenvalue weighted by atomic mass is 10.1. The third-order valence-electron chi connectivity index (χ3n) is 2.59. The molecule has 0 bridgehead atoms. The number of hydrogen-bond donors (Lipinski definition) is 3. The van der Waals surface area contributed by atoms with E-state index in [1.165, 1.54) is 29.4 Å². The summed E-state index contributed by atoms with van der Waals surface area (Å²) in [5.74, 6) is -1.53. The van der Waals surface area contributed by atoms with Crippen molar-refractivity contribution in [3.05, 3.63) is 48.0 Å². The highest BCUT2D eigenvalue weighted by molar-refractivity contribution is 6.04. The van der Waals surface area contributed by atoms with E-state index in [4.69, 9.17) is 11.1 Å². The molecule has 4 N–H and O–H groups in total. The van der Waals surface area contributed by atoms with E-state index >= 15 is 0 Å². The van der Waals surface area contributed by atoms with Crippen molar-refractivity contribution in [3.63, 3.8) is 0 Å². The highest BCUT2D eigenvalue weighted by Crippen LogP contribution is 2.34. The predicted octanol–water partition coefficient (Wildman–Crippen LogP) is 2.36. The fourth-order valence-electron chi connectivity index (χ4n) is 1.73. The fourth-order valence-corrected chi connectivity index (χ4v) is 1.73. The summed E-state index contributed by atoms with van der Waals surface area (Å²) in [6.45, 7) is 0. The van der Waals surface area contributed by atoms with Crippen LogP contribution in [0.25, 0.3) is 5.69 Å². The van der Waals surface area contributed by atoms with Crippen molar-refractivity contribution in [3.8, 4) is 5.69 Å². The first-order valence-corrected chi connectivity index (χ1v) is 5.64. The number of alkyl halides is 3. The normalized spacial score (nSPS) is 10.2. The fraction of sp³-hybridized carbons (Fsp3) is 0.0833. The SMILES string of the molecule is Cl.Cl.N=C(N)NC(=O)c1ccc(-n2ccnc2)c(C(F)(F)F)c1. The van der Waals surface area contributed by atoms with Crippen LogP contribution in [-0.2, 0) is 6.18 Å². The molecule has 0 aliphatic rings. The van der Waals surface area contributed by atoms with Gasteiger partial charge in [0.1, 0.15) is 0 Å². The molecule has 0 aliphatic heterocycles. The molecule has 1 amide bonds. The average molecular weight is 370 g/mol. The summed E-state index contributed by atoms with van der Waals surface area (Å²) in [4.78, 5) is 15.3. The van der Waals surface area contributed by atoms with E-state index in [0.717, 1.165) is 6.07 Å². The molecule has 2 aromatic rings. The number of guanidine groups is 1. The number of hydrogen-bond acceptors (Lipinski definition) is 3. The molecule has 0 saturated carbocycles. The van der Waals surface area contributed by atoms with Gasteiger partial charge < -0.3 is 10.3 Å². The summed E-state index contributed by atoms with van der Waals surface area (Å²) >= 11 is 0. The summed E-state index contributed by atoms with van der Waals surface area (Å²) < 4.78 is 40.5. The van der Waals surface area contributed by atoms with Gasteiger partial charge in [0.05, 0.1) is 17.6 Å². The van der Waals surface area contributed by atoms with Crippen molar-refractivity contribution in [1.29, 1.82) is 5.41 Å². The molecule has 23 heavy (non-hydrogen) atoms. The summed E-state index contributed by atoms with van der Waals surface area (Å²) in [6, 6.07) is 3.07. The smallest absolute Gasteiger partial charge is 0.370 e. The van der Waals surface area contributed by atoms with Crippen LogP contribution in [0.1, 0.15) is 15.9 Å². The quantitative estimate of drug-likeness (QED) is 0.559. The molecule has 6 nitrogen and oxygen atoms in total. The molecule has 0 radical (unpaired) electrons. The predicted molar refractivity (Wildman–Crippen MR) is 82.4 cm³/mol. The number of halogens is 5. The number of carbonyl (C=O) groups is 1. The van der Waals surface area contributed by atoms with Crippen LogP contribution >= 0.6 is 24.8 Å². The molecule has 1 aromatic heterocycles. The van der Waals surface area contributed by atoms with Crippen molar-refractivity contribution < 1.29 is 18.0 Å². The number of nitrogens with zero attached hydrogens (tertiary/aromatic N) is 2. The lowest BCUT2D eigenvalue weighted by molar-refractivity contribution is -0.137. The Hall–Kier alpha value is -2.26. The maximum absolute atomic E-state index is 13.1. The van der Waals surface area contributed by atoms with Gasteiger partial charge >= 0.3 is 6.18 Å². The molecule has 2 rings (SSSR count). The number of imidazole rings is 1. The number of benzene rings is 1. The maximum atomic E-state index is 13.1. The van der Waals surface area contributed by atoms with Crippen molar-refractivity contribution in [2.45, 2.75) is 6.18 Å². The Kier molecular flexibility index (Phi) is 7.07. The van der Waals surface area contributed by atoms with E-state index in [1.807, 2.05) is 5.32 Å². The van der Waals surface area contributed by atoms with Crippen LogP contribution in [-0.4, -0.2) is 21.4 Å². The molecule has 0 unspecified atom stereocenters. The Morgan fingerprint density at radius 2 is 1.96 bits per heavy atom. The second-order valence-electron chi connectivity index (χ2n) is 4.07. The number of aromatic nitrogens is 2. The molecule has 11 heteroatoms. The van der Waals surface area contributed by atoms with E-state index in [9.17, 15) is 18.0 Å². The molecule has 126 valence electrons. The topological polar surface area (TPSA) is 96.8 Å². The minimum Gasteiger partial charge on any atom is -0.370 e. The van der Waals surface area contributed by atoms with Gasteiger partial charge in [-0.25, -0.2) is 4.98 Å². The summed E-state index contributed by atoms with van der Waals surface area (Å²) in [5, 5.41) is 8.85. The molecule has 0 atom stereocenters. The van der Waals surface area contributed by atoms with Gasteiger partial charge in [0.15, 0.2) is 5.96 Å². The van der Waals surface area contributed by atoms with Crippen LogP contribution < -0.4 is 11.1 Å². The van der Waals surface area contributed by atoms with Crippen molar-refractivity contribution in [2.24, 2.45) is 5.73 Å². The zero-order chi connectivity index (χ0) is 15.6. The molecule has 1 aromatic carbocycles. The van der Waals surface area contributed by atoms with Gasteiger partial charge in [0.2, 0.25) is 0 Å². The van der Waals surface area contributed by atoms with E-state index in [1.54, 1.807) is 0 Å². The minimum absolute atomic E-state index is 0. The molecule has 1 heterocycles. The molecule has 0 fully saturated rings. The lowest BCUT2D eigenvalue weighted by Gasteiger charge is -2.14. The van der Waals surface area contributed by atoms with Crippen molar-refractivity contribution >= 4 is 36.7 Å². The van der Waals surface area contributed by atoms with E-state index < -0.39 is 23.6 Å². The Bertz CT molecular complexity index is 688. The van der Waals surface area contributed by atoms with Gasteiger partial charge in [-0.1, -0.05) is 0 Å². The minimum atomic E-state index is -4.65. The van der Waals surface area contributed by atoms with Crippen molar-refractivity contribution in [1.82, 2.24) is 14.9 Å². The van der Waals surface area contributed by atoms with Gasteiger partial charge in [0, 0.05) is 18.0 Å². The number of nitrogens with one attached hydrogen (secondary N) is 2. The molecular weight excluding hydrogens is 358 g/mol. The van der Waals surface area contributed by atoms with Crippen LogP contribution in [0.5, 0.6) is 0 Å². The third kappa shape index (κ3) is 4.86. The molecule has 0 spiro atoms. The Labute approximate surface area is 141 Å².